The van der Waals surface area contributed by atoms with E-state index in [9.17, 15) is 14.7 Å². The molecule has 0 bridgehead atoms. The molecular weight excluding hydrogens is 602 g/mol. The first-order valence-corrected chi connectivity index (χ1v) is 15.4. The van der Waals surface area contributed by atoms with Gasteiger partial charge >= 0.3 is 5.91 Å². The normalized spacial score (nSPS) is 15.6. The van der Waals surface area contributed by atoms with E-state index in [1.165, 1.54) is 23.3 Å². The van der Waals surface area contributed by atoms with Crippen molar-refractivity contribution in [3.05, 3.63) is 135 Å². The topological polar surface area (TPSA) is 111 Å². The number of Topliss-reactive ketones (excluding diaryl/α,β-unsaturated/α-hetero) is 1. The Morgan fingerprint density at radius 3 is 2.28 bits per heavy atom. The fraction of sp³-hybridized carbons (Fsp3) is 0.167. The number of hydrogen-bond donors (Lipinski definition) is 1. The second-order valence-electron chi connectivity index (χ2n) is 10.7. The van der Waals surface area contributed by atoms with E-state index in [1.54, 1.807) is 49.4 Å². The second-order valence-corrected chi connectivity index (χ2v) is 11.9. The summed E-state index contributed by atoms with van der Waals surface area (Å²) in [4.78, 5) is 28.4. The SMILES string of the molecule is COc1cc(C2C(=C(O)c3ccc(OCc4ccccc4C)cc3)C(=O)C(=O)N2c2nnc(C)s2)ccc1OCc1ccccc1. The van der Waals surface area contributed by atoms with Gasteiger partial charge in [0.25, 0.3) is 5.78 Å². The Hall–Kier alpha value is -5.48. The largest absolute Gasteiger partial charge is 0.507 e. The van der Waals surface area contributed by atoms with E-state index in [1.807, 2.05) is 61.5 Å². The van der Waals surface area contributed by atoms with Gasteiger partial charge in [-0.05, 0) is 72.5 Å². The summed E-state index contributed by atoms with van der Waals surface area (Å²) in [6.07, 6.45) is 0. The van der Waals surface area contributed by atoms with Crippen molar-refractivity contribution in [2.45, 2.75) is 33.1 Å². The molecule has 1 aromatic heterocycles. The van der Waals surface area contributed by atoms with E-state index >= 15 is 0 Å². The number of ether oxygens (including phenoxy) is 3. The molecule has 0 aliphatic carbocycles. The van der Waals surface area contributed by atoms with Crippen LogP contribution < -0.4 is 19.1 Å². The van der Waals surface area contributed by atoms with Crippen LogP contribution in [-0.2, 0) is 22.8 Å². The third-order valence-corrected chi connectivity index (χ3v) is 8.53. The summed E-state index contributed by atoms with van der Waals surface area (Å²) in [6.45, 7) is 4.49. The zero-order valence-corrected chi connectivity index (χ0v) is 26.3. The van der Waals surface area contributed by atoms with E-state index in [0.29, 0.717) is 46.6 Å². The molecule has 10 heteroatoms. The lowest BCUT2D eigenvalue weighted by Crippen LogP contribution is -2.29. The van der Waals surface area contributed by atoms with E-state index in [2.05, 4.69) is 10.2 Å². The van der Waals surface area contributed by atoms with Crippen molar-refractivity contribution >= 4 is 33.9 Å². The van der Waals surface area contributed by atoms with Crippen molar-refractivity contribution in [1.29, 1.82) is 0 Å². The summed E-state index contributed by atoms with van der Waals surface area (Å²) in [5.74, 6) is -0.483. The Kier molecular flexibility index (Phi) is 8.80. The number of carbonyl (C=O) groups is 2. The summed E-state index contributed by atoms with van der Waals surface area (Å²) in [5.41, 5.74) is 3.98. The third-order valence-electron chi connectivity index (χ3n) is 7.69. The highest BCUT2D eigenvalue weighted by Gasteiger charge is 2.48. The van der Waals surface area contributed by atoms with E-state index in [0.717, 1.165) is 16.7 Å². The molecule has 4 aromatic carbocycles. The number of anilines is 1. The standard InChI is InChI=1S/C36H31N3O6S/c1-22-9-7-8-12-27(22)21-44-28-16-13-25(14-17-28)33(40)31-32(39(35(42)34(31)41)36-38-37-23(2)46-36)26-15-18-29(30(19-26)43-3)45-20-24-10-5-4-6-11-24/h4-19,32,40H,20-21H2,1-3H3. The molecule has 0 saturated carbocycles. The molecule has 1 aliphatic heterocycles. The summed E-state index contributed by atoms with van der Waals surface area (Å²) in [7, 11) is 1.52. The maximum atomic E-state index is 13.6. The molecule has 5 aromatic rings. The number of aryl methyl sites for hydroxylation is 2. The third kappa shape index (κ3) is 6.20. The number of carbonyl (C=O) groups excluding carboxylic acids is 2. The average molecular weight is 634 g/mol. The number of nitrogens with zero attached hydrogens (tertiary/aromatic N) is 3. The Balaban J connectivity index is 1.35. The average Bonchev–Trinajstić information content (AvgIpc) is 3.63. The lowest BCUT2D eigenvalue weighted by Gasteiger charge is -2.23. The summed E-state index contributed by atoms with van der Waals surface area (Å²) < 4.78 is 17.6. The highest BCUT2D eigenvalue weighted by molar-refractivity contribution is 7.15. The van der Waals surface area contributed by atoms with Crippen molar-refractivity contribution in [3.63, 3.8) is 0 Å². The molecule has 2 heterocycles. The minimum Gasteiger partial charge on any atom is -0.507 e. The minimum atomic E-state index is -0.999. The van der Waals surface area contributed by atoms with Crippen LogP contribution in [0.1, 0.15) is 38.9 Å². The highest BCUT2D eigenvalue weighted by Crippen LogP contribution is 2.45. The van der Waals surface area contributed by atoms with Crippen molar-refractivity contribution in [1.82, 2.24) is 10.2 Å². The molecule has 0 radical (unpaired) electrons. The Morgan fingerprint density at radius 1 is 0.848 bits per heavy atom. The lowest BCUT2D eigenvalue weighted by molar-refractivity contribution is -0.132. The zero-order chi connectivity index (χ0) is 32.2. The predicted molar refractivity (Wildman–Crippen MR) is 175 cm³/mol. The van der Waals surface area contributed by atoms with Gasteiger partial charge in [-0.15, -0.1) is 10.2 Å². The monoisotopic (exact) mass is 633 g/mol. The molecule has 9 nitrogen and oxygen atoms in total. The molecule has 0 spiro atoms. The van der Waals surface area contributed by atoms with Crippen molar-refractivity contribution in [2.24, 2.45) is 0 Å². The van der Waals surface area contributed by atoms with Crippen LogP contribution in [0.4, 0.5) is 5.13 Å². The highest BCUT2D eigenvalue weighted by atomic mass is 32.1. The maximum absolute atomic E-state index is 13.6. The van der Waals surface area contributed by atoms with Crippen LogP contribution in [0, 0.1) is 13.8 Å². The molecule has 1 fully saturated rings. The first-order chi connectivity index (χ1) is 22.3. The fourth-order valence-corrected chi connectivity index (χ4v) is 5.95. The van der Waals surface area contributed by atoms with E-state index in [-0.39, 0.29) is 16.5 Å². The number of aliphatic hydroxyl groups is 1. The van der Waals surface area contributed by atoms with Gasteiger partial charge in [0.1, 0.15) is 29.7 Å². The van der Waals surface area contributed by atoms with Gasteiger partial charge in [-0.25, -0.2) is 0 Å². The first kappa shape index (κ1) is 30.5. The first-order valence-electron chi connectivity index (χ1n) is 14.6. The minimum absolute atomic E-state index is 0.0774. The maximum Gasteiger partial charge on any atom is 0.301 e. The Morgan fingerprint density at radius 2 is 1.59 bits per heavy atom. The molecule has 46 heavy (non-hydrogen) atoms. The zero-order valence-electron chi connectivity index (χ0n) is 25.5. The summed E-state index contributed by atoms with van der Waals surface area (Å²) in [5, 5.41) is 20.7. The molecule has 1 unspecified atom stereocenters. The van der Waals surface area contributed by atoms with Crippen LogP contribution in [0.15, 0.2) is 103 Å². The number of rotatable bonds is 10. The second kappa shape index (κ2) is 13.3. The van der Waals surface area contributed by atoms with Gasteiger partial charge in [0, 0.05) is 5.56 Å². The smallest absolute Gasteiger partial charge is 0.301 e. The molecule has 1 amide bonds. The van der Waals surface area contributed by atoms with Gasteiger partial charge in [-0.3, -0.25) is 14.5 Å². The molecule has 1 saturated heterocycles. The fourth-order valence-electron chi connectivity index (χ4n) is 5.24. The number of ketones is 1. The predicted octanol–water partition coefficient (Wildman–Crippen LogP) is 6.95. The molecule has 1 atom stereocenters. The quantitative estimate of drug-likeness (QED) is 0.1000. The molecule has 232 valence electrons. The summed E-state index contributed by atoms with van der Waals surface area (Å²) >= 11 is 1.18. The number of benzene rings is 4. The van der Waals surface area contributed by atoms with Crippen LogP contribution in [-0.4, -0.2) is 34.1 Å². The number of hydrogen-bond acceptors (Lipinski definition) is 9. The van der Waals surface area contributed by atoms with Gasteiger partial charge in [-0.1, -0.05) is 72.0 Å². The van der Waals surface area contributed by atoms with Gasteiger partial charge in [0.15, 0.2) is 11.5 Å². The van der Waals surface area contributed by atoms with Crippen LogP contribution in [0.5, 0.6) is 17.2 Å². The van der Waals surface area contributed by atoms with Crippen molar-refractivity contribution < 1.29 is 28.9 Å². The molecule has 1 N–H and O–H groups in total. The van der Waals surface area contributed by atoms with Crippen LogP contribution in [0.3, 0.4) is 0 Å². The van der Waals surface area contributed by atoms with Gasteiger partial charge in [0.05, 0.1) is 18.7 Å². The van der Waals surface area contributed by atoms with Gasteiger partial charge in [-0.2, -0.15) is 0 Å². The van der Waals surface area contributed by atoms with E-state index < -0.39 is 17.7 Å². The van der Waals surface area contributed by atoms with Crippen LogP contribution in [0.2, 0.25) is 0 Å². The van der Waals surface area contributed by atoms with Crippen LogP contribution >= 0.6 is 11.3 Å². The lowest BCUT2D eigenvalue weighted by atomic mass is 9.95. The van der Waals surface area contributed by atoms with Crippen molar-refractivity contribution in [2.75, 3.05) is 12.0 Å². The van der Waals surface area contributed by atoms with Gasteiger partial charge in [0.2, 0.25) is 5.13 Å². The number of amides is 1. The molecular formula is C36H31N3O6S. The number of aliphatic hydroxyl groups excluding tert-OH is 1. The van der Waals surface area contributed by atoms with E-state index in [4.69, 9.17) is 14.2 Å². The number of methoxy groups -OCH3 is 1. The number of aromatic nitrogens is 2. The van der Waals surface area contributed by atoms with Crippen LogP contribution in [0.25, 0.3) is 5.76 Å². The molecule has 1 aliphatic rings. The Labute approximate surface area is 270 Å². The molecule has 6 rings (SSSR count). The van der Waals surface area contributed by atoms with Crippen molar-refractivity contribution in [3.8, 4) is 17.2 Å². The van der Waals surface area contributed by atoms with Gasteiger partial charge < -0.3 is 19.3 Å². The summed E-state index contributed by atoms with van der Waals surface area (Å²) in [6, 6.07) is 28.6. The Bertz CT molecular complexity index is 1920.